The smallest absolute Gasteiger partial charge is 0.306 e. The SMILES string of the molecule is CCCCCCCCCC(=O)O[C@H]1C=C2[C@@H](OC(C)=O)O[C@@H](OC(C)=O)[C@]23[C@@H](OC2OC[C@@H](O)[C@H](O)[C@H]2O)C[C@@H](C)[C@@](C)(C[C@@H](O)C2=CCOOC2)[C@@H]3C1. The number of carbonyl (C=O) groups is 3. The van der Waals surface area contributed by atoms with Crippen molar-refractivity contribution in [2.75, 3.05) is 19.8 Å². The predicted octanol–water partition coefficient (Wildman–Crippen LogP) is 3.29. The number of aliphatic hydroxyl groups is 4. The number of rotatable bonds is 16. The maximum atomic E-state index is 13.4. The number of esters is 3. The summed E-state index contributed by atoms with van der Waals surface area (Å²) in [5.41, 5.74) is -1.25. The van der Waals surface area contributed by atoms with Gasteiger partial charge in [0, 0.05) is 25.8 Å². The molecule has 15 heteroatoms. The Kier molecular flexibility index (Phi) is 14.7. The van der Waals surface area contributed by atoms with E-state index >= 15 is 0 Å². The number of aliphatic hydroxyl groups excluding tert-OH is 4. The molecule has 1 saturated carbocycles. The average Bonchev–Trinajstić information content (AvgIpc) is 3.41. The lowest BCUT2D eigenvalue weighted by Gasteiger charge is -2.62. The molecule has 15 nitrogen and oxygen atoms in total. The zero-order valence-electron chi connectivity index (χ0n) is 32.2. The van der Waals surface area contributed by atoms with Crippen molar-refractivity contribution in [1.82, 2.24) is 0 Å². The van der Waals surface area contributed by atoms with Crippen molar-refractivity contribution in [2.45, 2.75) is 161 Å². The van der Waals surface area contributed by atoms with Gasteiger partial charge in [0.15, 0.2) is 6.29 Å². The van der Waals surface area contributed by atoms with E-state index in [9.17, 15) is 34.8 Å². The summed E-state index contributed by atoms with van der Waals surface area (Å²) in [7, 11) is 0. The van der Waals surface area contributed by atoms with Crippen LogP contribution in [0.2, 0.25) is 0 Å². The second-order valence-corrected chi connectivity index (χ2v) is 15.8. The topological polar surface area (TPSA) is 206 Å². The fourth-order valence-electron chi connectivity index (χ4n) is 9.19. The van der Waals surface area contributed by atoms with Gasteiger partial charge in [0.1, 0.15) is 37.6 Å². The predicted molar refractivity (Wildman–Crippen MR) is 188 cm³/mol. The second kappa shape index (κ2) is 18.6. The molecule has 0 aromatic rings. The lowest BCUT2D eigenvalue weighted by atomic mass is 9.44. The van der Waals surface area contributed by atoms with Crippen molar-refractivity contribution >= 4 is 17.9 Å². The molecular weight excluding hydrogens is 708 g/mol. The third-order valence-electron chi connectivity index (χ3n) is 12.2. The molecule has 13 atom stereocenters. The zero-order chi connectivity index (χ0) is 39.2. The molecule has 5 rings (SSSR count). The monoisotopic (exact) mass is 768 g/mol. The number of carbonyl (C=O) groups excluding carboxylic acids is 3. The Morgan fingerprint density at radius 1 is 0.944 bits per heavy atom. The van der Waals surface area contributed by atoms with Crippen molar-refractivity contribution < 1.29 is 73.0 Å². The number of hydrogen-bond donors (Lipinski definition) is 4. The molecule has 3 heterocycles. The maximum absolute atomic E-state index is 13.4. The van der Waals surface area contributed by atoms with Gasteiger partial charge in [-0.1, -0.05) is 65.4 Å². The van der Waals surface area contributed by atoms with Crippen LogP contribution in [0.4, 0.5) is 0 Å². The van der Waals surface area contributed by atoms with E-state index in [0.717, 1.165) is 25.7 Å². The van der Waals surface area contributed by atoms with Gasteiger partial charge < -0.3 is 44.1 Å². The molecule has 2 saturated heterocycles. The summed E-state index contributed by atoms with van der Waals surface area (Å²) in [6, 6.07) is 0. The minimum atomic E-state index is -1.63. The van der Waals surface area contributed by atoms with Crippen LogP contribution < -0.4 is 0 Å². The van der Waals surface area contributed by atoms with Crippen molar-refractivity contribution in [3.63, 3.8) is 0 Å². The van der Waals surface area contributed by atoms with Crippen LogP contribution in [0.15, 0.2) is 23.3 Å². The quantitative estimate of drug-likeness (QED) is 0.0585. The Morgan fingerprint density at radius 3 is 2.31 bits per heavy atom. The summed E-state index contributed by atoms with van der Waals surface area (Å²) < 4.78 is 36.4. The molecule has 3 aliphatic heterocycles. The van der Waals surface area contributed by atoms with Gasteiger partial charge in [-0.3, -0.25) is 19.1 Å². The van der Waals surface area contributed by atoms with Crippen LogP contribution in [-0.4, -0.2) is 114 Å². The van der Waals surface area contributed by atoms with Crippen molar-refractivity contribution in [2.24, 2.45) is 22.7 Å². The average molecular weight is 769 g/mol. The van der Waals surface area contributed by atoms with E-state index in [4.69, 9.17) is 38.2 Å². The highest BCUT2D eigenvalue weighted by Gasteiger charge is 2.72. The van der Waals surface area contributed by atoms with E-state index in [1.807, 2.05) is 13.8 Å². The Labute approximate surface area is 317 Å². The first-order valence-electron chi connectivity index (χ1n) is 19.6. The van der Waals surface area contributed by atoms with Crippen LogP contribution in [0.5, 0.6) is 0 Å². The van der Waals surface area contributed by atoms with Gasteiger partial charge in [-0.05, 0) is 54.6 Å². The van der Waals surface area contributed by atoms with Gasteiger partial charge in [0.25, 0.3) is 0 Å². The molecule has 5 aliphatic rings. The van der Waals surface area contributed by atoms with E-state index in [2.05, 4.69) is 6.92 Å². The summed E-state index contributed by atoms with van der Waals surface area (Å²) in [5, 5.41) is 43.4. The highest BCUT2D eigenvalue weighted by atomic mass is 17.2. The summed E-state index contributed by atoms with van der Waals surface area (Å²) in [6.07, 6.45) is 0.126. The third-order valence-corrected chi connectivity index (χ3v) is 12.2. The minimum Gasteiger partial charge on any atom is -0.458 e. The Morgan fingerprint density at radius 2 is 1.65 bits per heavy atom. The molecule has 4 N–H and O–H groups in total. The van der Waals surface area contributed by atoms with Gasteiger partial charge in [-0.25, -0.2) is 9.78 Å². The normalized spacial score (nSPS) is 38.3. The van der Waals surface area contributed by atoms with Gasteiger partial charge in [0.05, 0.1) is 24.2 Å². The van der Waals surface area contributed by atoms with Crippen molar-refractivity contribution in [3.8, 4) is 0 Å². The van der Waals surface area contributed by atoms with Crippen LogP contribution in [0.3, 0.4) is 0 Å². The van der Waals surface area contributed by atoms with E-state index in [1.54, 1.807) is 12.2 Å². The van der Waals surface area contributed by atoms with E-state index in [1.165, 1.54) is 26.7 Å². The molecule has 0 aromatic heterocycles. The Balaban J connectivity index is 1.56. The van der Waals surface area contributed by atoms with Gasteiger partial charge >= 0.3 is 17.9 Å². The third kappa shape index (κ3) is 9.21. The van der Waals surface area contributed by atoms with Crippen LogP contribution in [0.25, 0.3) is 0 Å². The van der Waals surface area contributed by atoms with E-state index in [-0.39, 0.29) is 57.4 Å². The van der Waals surface area contributed by atoms with E-state index in [0.29, 0.717) is 17.6 Å². The summed E-state index contributed by atoms with van der Waals surface area (Å²) >= 11 is 0. The number of unbranched alkanes of at least 4 members (excludes halogenated alkanes) is 6. The fraction of sp³-hybridized carbons (Fsp3) is 0.821. The molecule has 54 heavy (non-hydrogen) atoms. The lowest BCUT2D eigenvalue weighted by molar-refractivity contribution is -0.323. The second-order valence-electron chi connectivity index (χ2n) is 15.8. The van der Waals surface area contributed by atoms with E-state index < -0.39 is 84.2 Å². The maximum Gasteiger partial charge on any atom is 0.306 e. The molecule has 0 bridgehead atoms. The molecule has 1 unspecified atom stereocenters. The number of hydrogen-bond acceptors (Lipinski definition) is 15. The molecule has 0 aromatic carbocycles. The first-order valence-corrected chi connectivity index (χ1v) is 19.6. The van der Waals surface area contributed by atoms with Gasteiger partial charge in [-0.15, -0.1) is 0 Å². The molecule has 0 radical (unpaired) electrons. The molecule has 2 aliphatic carbocycles. The molecular formula is C39H60O15. The first-order chi connectivity index (χ1) is 25.7. The van der Waals surface area contributed by atoms with Gasteiger partial charge in [-0.2, -0.15) is 0 Å². The van der Waals surface area contributed by atoms with Crippen LogP contribution in [0.1, 0.15) is 105 Å². The summed E-state index contributed by atoms with van der Waals surface area (Å²) in [5.74, 6) is -2.61. The fourth-order valence-corrected chi connectivity index (χ4v) is 9.19. The summed E-state index contributed by atoms with van der Waals surface area (Å²) in [4.78, 5) is 48.9. The van der Waals surface area contributed by atoms with Crippen LogP contribution >= 0.6 is 0 Å². The zero-order valence-corrected chi connectivity index (χ0v) is 32.2. The van der Waals surface area contributed by atoms with Crippen LogP contribution in [-0.2, 0) is 52.6 Å². The minimum absolute atomic E-state index is 0.0654. The van der Waals surface area contributed by atoms with Crippen molar-refractivity contribution in [1.29, 1.82) is 0 Å². The molecule has 3 fully saturated rings. The lowest BCUT2D eigenvalue weighted by Crippen LogP contribution is -2.66. The summed E-state index contributed by atoms with van der Waals surface area (Å²) in [6.45, 7) is 8.55. The first kappa shape index (κ1) is 42.7. The largest absolute Gasteiger partial charge is 0.458 e. The van der Waals surface area contributed by atoms with Gasteiger partial charge in [0.2, 0.25) is 12.6 Å². The highest BCUT2D eigenvalue weighted by Crippen LogP contribution is 2.68. The highest BCUT2D eigenvalue weighted by molar-refractivity contribution is 5.70. The standard InChI is InChI=1S/C39H60O15/c1-6-7-8-9-10-11-12-13-32(44)52-26-17-27-35(50-23(3)40)54-37(51-24(4)41)39(27)30(18-26)38(5,19-28(42)25-14-15-48-49-20-25)22(2)16-31(39)53-36-34(46)33(45)29(43)21-47-36/h14,17,22,26,28-31,33-37,42-43,45-46H,6-13,15-16,18-21H2,1-5H3/t22-,26+,28-,29-,30+,31+,33+,34-,35+,36?,37-,38-,39-/m1/s1. The number of ether oxygens (including phenoxy) is 6. The molecule has 306 valence electrons. The Bertz CT molecular complexity index is 1370. The van der Waals surface area contributed by atoms with Crippen molar-refractivity contribution in [3.05, 3.63) is 23.3 Å². The molecule has 1 spiro atoms. The molecule has 0 amide bonds. The Hall–Kier alpha value is -2.47. The van der Waals surface area contributed by atoms with Crippen LogP contribution in [0, 0.1) is 22.7 Å².